The molecule has 2 rings (SSSR count). The Morgan fingerprint density at radius 2 is 2.29 bits per heavy atom. The predicted octanol–water partition coefficient (Wildman–Crippen LogP) is -2.65. The topological polar surface area (TPSA) is 105 Å². The number of nitrogens with one attached hydrogen (secondary N) is 1. The van der Waals surface area contributed by atoms with Crippen molar-refractivity contribution in [2.75, 3.05) is 6.61 Å². The van der Waals surface area contributed by atoms with Gasteiger partial charge in [0, 0.05) is 0 Å². The van der Waals surface area contributed by atoms with E-state index in [1.165, 1.54) is 10.8 Å². The molecule has 1 aliphatic rings. The quantitative estimate of drug-likeness (QED) is 0.469. The average Bonchev–Trinajstić information content (AvgIpc) is 2.65. The van der Waals surface area contributed by atoms with Crippen molar-refractivity contribution < 1.29 is 39.7 Å². The van der Waals surface area contributed by atoms with E-state index in [-0.39, 0.29) is 13.0 Å². The zero-order valence-corrected chi connectivity index (χ0v) is 11.6. The third kappa shape index (κ3) is 2.50. The normalized spacial score (nSPS) is 28.5. The first-order valence-corrected chi connectivity index (χ1v) is 6.45. The molecule has 1 unspecified atom stereocenters. The van der Waals surface area contributed by atoms with Crippen LogP contribution in [0.25, 0.3) is 0 Å². The van der Waals surface area contributed by atoms with Crippen molar-refractivity contribution in [3.8, 4) is 0 Å². The molecular formula is C9H11AtN2O5. The van der Waals surface area contributed by atoms with Crippen LogP contribution in [-0.4, -0.2) is 38.6 Å². The summed E-state index contributed by atoms with van der Waals surface area (Å²) in [5.41, 5.74) is -0.994. The Balaban J connectivity index is 2.34. The number of aliphatic hydroxyl groups is 2. The van der Waals surface area contributed by atoms with Gasteiger partial charge in [-0.3, -0.25) is 0 Å². The fourth-order valence-corrected chi connectivity index (χ4v) is 2.32. The van der Waals surface area contributed by atoms with E-state index in [1.54, 1.807) is 0 Å². The van der Waals surface area contributed by atoms with Crippen LogP contribution in [-0.2, 0) is 4.74 Å². The van der Waals surface area contributed by atoms with E-state index >= 15 is 0 Å². The van der Waals surface area contributed by atoms with Crippen molar-refractivity contribution in [1.29, 1.82) is 0 Å². The molecule has 1 saturated heterocycles. The van der Waals surface area contributed by atoms with Crippen molar-refractivity contribution in [2.24, 2.45) is 0 Å². The molecule has 1 aliphatic heterocycles. The van der Waals surface area contributed by atoms with Gasteiger partial charge in [-0.25, -0.2) is 0 Å². The molecule has 0 saturated carbocycles. The second-order valence-electron chi connectivity index (χ2n) is 3.76. The summed E-state index contributed by atoms with van der Waals surface area (Å²) < 4.78 is 7.00. The molecule has 0 spiro atoms. The molecule has 1 fully saturated rings. The van der Waals surface area contributed by atoms with Crippen LogP contribution in [0.5, 0.6) is 0 Å². The van der Waals surface area contributed by atoms with Crippen LogP contribution in [0.4, 0.5) is 0 Å². The third-order valence-corrected chi connectivity index (χ3v) is 3.67. The summed E-state index contributed by atoms with van der Waals surface area (Å²) in [7, 11) is 0. The number of hydrogen-bond acceptors (Lipinski definition) is 5. The molecule has 0 aliphatic carbocycles. The van der Waals surface area contributed by atoms with Gasteiger partial charge in [-0.15, -0.1) is 0 Å². The summed E-state index contributed by atoms with van der Waals surface area (Å²) in [5.74, 6) is 0. The fourth-order valence-electron chi connectivity index (χ4n) is 1.72. The molecular weight excluding hydrogens is 426 g/mol. The van der Waals surface area contributed by atoms with E-state index in [9.17, 15) is 14.7 Å². The number of H-pyrrole nitrogens is 1. The Labute approximate surface area is 111 Å². The number of aromatic nitrogens is 2. The summed E-state index contributed by atoms with van der Waals surface area (Å²) >= 11 is 1.15. The fraction of sp³-hybridized carbons (Fsp3) is 0.556. The van der Waals surface area contributed by atoms with Crippen molar-refractivity contribution in [1.82, 2.24) is 9.55 Å². The van der Waals surface area contributed by atoms with Crippen LogP contribution >= 0.6 is 0 Å². The van der Waals surface area contributed by atoms with Crippen LogP contribution in [0.15, 0.2) is 15.8 Å². The minimum absolute atomic E-state index is 0.211. The van der Waals surface area contributed by atoms with Crippen LogP contribution in [0.2, 0.25) is 0 Å². The van der Waals surface area contributed by atoms with E-state index in [4.69, 9.17) is 9.84 Å². The zero-order valence-electron chi connectivity index (χ0n) is 8.67. The van der Waals surface area contributed by atoms with Gasteiger partial charge < -0.3 is 0 Å². The molecule has 0 aromatic carbocycles. The first-order chi connectivity index (χ1) is 8.02. The third-order valence-electron chi connectivity index (χ3n) is 2.62. The van der Waals surface area contributed by atoms with E-state index in [1.807, 2.05) is 0 Å². The molecule has 0 radical (unpaired) electrons. The second kappa shape index (κ2) is 4.98. The molecule has 1 aromatic heterocycles. The van der Waals surface area contributed by atoms with Crippen molar-refractivity contribution in [2.45, 2.75) is 24.9 Å². The van der Waals surface area contributed by atoms with Crippen molar-refractivity contribution >= 4 is 3.27 Å². The van der Waals surface area contributed by atoms with E-state index < -0.39 is 29.7 Å². The Kier molecular flexibility index (Phi) is 3.77. The molecule has 8 heteroatoms. The van der Waals surface area contributed by atoms with Crippen molar-refractivity contribution in [3.05, 3.63) is 27.0 Å². The van der Waals surface area contributed by atoms with E-state index in [0.29, 0.717) is 3.27 Å². The summed E-state index contributed by atoms with van der Waals surface area (Å²) in [6, 6.07) is 0. The number of aromatic amines is 1. The second-order valence-corrected chi connectivity index (χ2v) is 5.34. The van der Waals surface area contributed by atoms with Crippen LogP contribution < -0.4 is 14.5 Å². The number of aliphatic hydroxyl groups excluding tert-OH is 2. The monoisotopic (exact) mass is 437 g/mol. The Morgan fingerprint density at radius 1 is 1.59 bits per heavy atom. The maximum atomic E-state index is 11.6. The zero-order chi connectivity index (χ0) is 12.6. The Morgan fingerprint density at radius 3 is 2.88 bits per heavy atom. The van der Waals surface area contributed by atoms with Gasteiger partial charge in [0.15, 0.2) is 0 Å². The number of ether oxygens (including phenoxy) is 1. The maximum absolute atomic E-state index is 11.6. The molecule has 17 heavy (non-hydrogen) atoms. The predicted molar refractivity (Wildman–Crippen MR) is 52.6 cm³/mol. The summed E-state index contributed by atoms with van der Waals surface area (Å²) in [4.78, 5) is 25.0. The molecule has 3 atom stereocenters. The molecule has 3 N–H and O–H groups in total. The van der Waals surface area contributed by atoms with Crippen LogP contribution in [0.3, 0.4) is 0 Å². The molecule has 1 aromatic rings. The molecule has 94 valence electrons. The first kappa shape index (κ1) is 12.9. The van der Waals surface area contributed by atoms with Crippen LogP contribution in [0.1, 0.15) is 12.6 Å². The number of rotatable bonds is 2. The van der Waals surface area contributed by atoms with Gasteiger partial charge in [-0.2, -0.15) is 0 Å². The van der Waals surface area contributed by atoms with E-state index in [0.717, 1.165) is 24.7 Å². The van der Waals surface area contributed by atoms with Gasteiger partial charge in [0.2, 0.25) is 0 Å². The Hall–Kier alpha value is -0.557. The average molecular weight is 437 g/mol. The van der Waals surface area contributed by atoms with Crippen LogP contribution in [0, 0.1) is 24.7 Å². The molecule has 7 nitrogen and oxygen atoms in total. The summed E-state index contributed by atoms with van der Waals surface area (Å²) in [6.45, 7) is -0.307. The summed E-state index contributed by atoms with van der Waals surface area (Å²) in [5, 5.41) is 18.5. The van der Waals surface area contributed by atoms with Gasteiger partial charge in [-0.05, 0) is 0 Å². The minimum atomic E-state index is -0.811. The van der Waals surface area contributed by atoms with Gasteiger partial charge in [-0.1, -0.05) is 0 Å². The molecule has 2 heterocycles. The van der Waals surface area contributed by atoms with Gasteiger partial charge in [0.05, 0.1) is 0 Å². The van der Waals surface area contributed by atoms with Gasteiger partial charge >= 0.3 is 111 Å². The number of hydrogen-bond donors (Lipinski definition) is 3. The van der Waals surface area contributed by atoms with Gasteiger partial charge in [0.25, 0.3) is 0 Å². The van der Waals surface area contributed by atoms with Crippen molar-refractivity contribution in [3.63, 3.8) is 0 Å². The standard InChI is InChI=1S/C9H11AtN2O5/c10-4-2-12(9(16)11-8(4)15)7-1-5(14)6(3-13)17-7/h2,5-7,13-14H,1,3H2,(H,11,15,16)/t5-,6+,7?/m0/s1. The van der Waals surface area contributed by atoms with Gasteiger partial charge in [0.1, 0.15) is 0 Å². The number of nitrogens with zero attached hydrogens (tertiary/aromatic N) is 1. The molecule has 0 bridgehead atoms. The molecule has 0 amide bonds. The first-order valence-electron chi connectivity index (χ1n) is 4.98. The SMILES string of the molecule is O=c1[nH]c(=O)n(C2C[C@H](O)[C@@H](CO)O2)cc1[At]. The Bertz CT molecular complexity index is 525. The summed E-state index contributed by atoms with van der Waals surface area (Å²) in [6.07, 6.45) is -0.532. The van der Waals surface area contributed by atoms with E-state index in [2.05, 4.69) is 4.98 Å².